The molecule has 0 bridgehead atoms. The van der Waals surface area contributed by atoms with Gasteiger partial charge in [0.25, 0.3) is 0 Å². The maximum Gasteiger partial charge on any atom is 0.229 e. The number of amides is 2. The smallest absolute Gasteiger partial charge is 0.229 e. The Kier molecular flexibility index (Phi) is 4.57. The van der Waals surface area contributed by atoms with Gasteiger partial charge in [0.1, 0.15) is 5.82 Å². The van der Waals surface area contributed by atoms with Crippen molar-refractivity contribution in [3.63, 3.8) is 0 Å². The molecule has 25 heavy (non-hydrogen) atoms. The summed E-state index contributed by atoms with van der Waals surface area (Å²) >= 11 is 0. The van der Waals surface area contributed by atoms with Crippen molar-refractivity contribution in [1.29, 1.82) is 0 Å². The summed E-state index contributed by atoms with van der Waals surface area (Å²) in [5.74, 6) is -1.02. The van der Waals surface area contributed by atoms with E-state index < -0.39 is 5.92 Å². The molecule has 0 saturated carbocycles. The summed E-state index contributed by atoms with van der Waals surface area (Å²) in [6.07, 6.45) is 0.180. The lowest BCUT2D eigenvalue weighted by atomic mass is 10.1. The normalized spacial score (nSPS) is 17.0. The van der Waals surface area contributed by atoms with Gasteiger partial charge >= 0.3 is 0 Å². The predicted octanol–water partition coefficient (Wildman–Crippen LogP) is 3.74. The molecule has 0 aliphatic carbocycles. The maximum absolute atomic E-state index is 13.2. The van der Waals surface area contributed by atoms with E-state index in [2.05, 4.69) is 5.32 Å². The number of nitrogens with zero attached hydrogens (tertiary/aromatic N) is 1. The summed E-state index contributed by atoms with van der Waals surface area (Å²) in [5.41, 5.74) is 4.25. The zero-order valence-electron chi connectivity index (χ0n) is 14.6. The molecule has 0 aromatic heterocycles. The van der Waals surface area contributed by atoms with Crippen molar-refractivity contribution in [2.75, 3.05) is 16.8 Å². The highest BCUT2D eigenvalue weighted by atomic mass is 19.1. The van der Waals surface area contributed by atoms with Crippen molar-refractivity contribution in [2.24, 2.45) is 5.92 Å². The Balaban J connectivity index is 1.75. The fourth-order valence-corrected chi connectivity index (χ4v) is 3.15. The Morgan fingerprint density at radius 2 is 1.92 bits per heavy atom. The summed E-state index contributed by atoms with van der Waals surface area (Å²) in [6.45, 7) is 6.07. The van der Waals surface area contributed by atoms with Gasteiger partial charge in [-0.3, -0.25) is 9.59 Å². The third-order valence-electron chi connectivity index (χ3n) is 4.81. The van der Waals surface area contributed by atoms with E-state index in [0.29, 0.717) is 17.8 Å². The van der Waals surface area contributed by atoms with Crippen LogP contribution in [0, 0.1) is 32.5 Å². The Hall–Kier alpha value is -2.69. The van der Waals surface area contributed by atoms with E-state index in [4.69, 9.17) is 0 Å². The third kappa shape index (κ3) is 3.40. The van der Waals surface area contributed by atoms with Gasteiger partial charge in [0.05, 0.1) is 5.92 Å². The minimum atomic E-state index is -0.420. The van der Waals surface area contributed by atoms with Crippen LogP contribution >= 0.6 is 0 Å². The van der Waals surface area contributed by atoms with Crippen LogP contribution in [-0.4, -0.2) is 18.4 Å². The lowest BCUT2D eigenvalue weighted by Crippen LogP contribution is -2.28. The van der Waals surface area contributed by atoms with Gasteiger partial charge in [-0.1, -0.05) is 12.1 Å². The van der Waals surface area contributed by atoms with Gasteiger partial charge in [0.15, 0.2) is 0 Å². The number of carbonyl (C=O) groups excluding carboxylic acids is 2. The molecule has 130 valence electrons. The first-order chi connectivity index (χ1) is 11.9. The Morgan fingerprint density at radius 1 is 1.16 bits per heavy atom. The molecule has 0 radical (unpaired) electrons. The number of benzene rings is 2. The number of anilines is 2. The zero-order chi connectivity index (χ0) is 18.1. The van der Waals surface area contributed by atoms with Crippen LogP contribution in [-0.2, 0) is 9.59 Å². The number of aryl methyl sites for hydroxylation is 2. The molecule has 2 aromatic carbocycles. The predicted molar refractivity (Wildman–Crippen MR) is 96.1 cm³/mol. The average molecular weight is 340 g/mol. The number of carbonyl (C=O) groups is 2. The molecule has 2 aromatic rings. The van der Waals surface area contributed by atoms with E-state index in [1.54, 1.807) is 17.9 Å². The van der Waals surface area contributed by atoms with Crippen molar-refractivity contribution in [3.05, 3.63) is 58.9 Å². The maximum atomic E-state index is 13.2. The summed E-state index contributed by atoms with van der Waals surface area (Å²) in [7, 11) is 0. The van der Waals surface area contributed by atoms with Gasteiger partial charge in [-0.05, 0) is 61.7 Å². The molecule has 0 spiro atoms. The van der Waals surface area contributed by atoms with Gasteiger partial charge in [-0.15, -0.1) is 0 Å². The molecule has 3 rings (SSSR count). The molecule has 1 atom stereocenters. The zero-order valence-corrected chi connectivity index (χ0v) is 14.6. The van der Waals surface area contributed by atoms with Crippen LogP contribution in [0.15, 0.2) is 36.4 Å². The molecule has 1 N–H and O–H groups in total. The van der Waals surface area contributed by atoms with Crippen LogP contribution in [0.2, 0.25) is 0 Å². The first-order valence-electron chi connectivity index (χ1n) is 8.30. The van der Waals surface area contributed by atoms with Crippen LogP contribution in [0.25, 0.3) is 0 Å². The van der Waals surface area contributed by atoms with Gasteiger partial charge in [-0.2, -0.15) is 0 Å². The molecule has 5 heteroatoms. The minimum Gasteiger partial charge on any atom is -0.326 e. The number of halogens is 1. The van der Waals surface area contributed by atoms with Crippen molar-refractivity contribution in [1.82, 2.24) is 0 Å². The van der Waals surface area contributed by atoms with Crippen LogP contribution in [0.4, 0.5) is 15.8 Å². The first kappa shape index (κ1) is 17.1. The number of nitrogens with one attached hydrogen (secondary N) is 1. The summed E-state index contributed by atoms with van der Waals surface area (Å²) in [5, 5.41) is 2.81. The second-order valence-corrected chi connectivity index (χ2v) is 6.57. The Morgan fingerprint density at radius 3 is 2.64 bits per heavy atom. The van der Waals surface area contributed by atoms with Crippen LogP contribution in [0.1, 0.15) is 23.1 Å². The summed E-state index contributed by atoms with van der Waals surface area (Å²) < 4.78 is 13.2. The summed E-state index contributed by atoms with van der Waals surface area (Å²) in [4.78, 5) is 26.6. The topological polar surface area (TPSA) is 49.4 Å². The highest BCUT2D eigenvalue weighted by molar-refractivity contribution is 6.04. The number of rotatable bonds is 3. The van der Waals surface area contributed by atoms with E-state index in [1.807, 2.05) is 32.0 Å². The van der Waals surface area contributed by atoms with Crippen molar-refractivity contribution in [2.45, 2.75) is 27.2 Å². The minimum absolute atomic E-state index is 0.0512. The van der Waals surface area contributed by atoms with Gasteiger partial charge in [-0.25, -0.2) is 4.39 Å². The number of hydrogen-bond acceptors (Lipinski definition) is 2. The van der Waals surface area contributed by atoms with Crippen molar-refractivity contribution in [3.8, 4) is 0 Å². The number of hydrogen-bond donors (Lipinski definition) is 1. The Labute approximate surface area is 146 Å². The molecule has 1 heterocycles. The highest BCUT2D eigenvalue weighted by Gasteiger charge is 2.35. The van der Waals surface area contributed by atoms with Gasteiger partial charge in [0.2, 0.25) is 11.8 Å². The first-order valence-corrected chi connectivity index (χ1v) is 8.30. The molecule has 1 saturated heterocycles. The van der Waals surface area contributed by atoms with E-state index in [9.17, 15) is 14.0 Å². The van der Waals surface area contributed by atoms with E-state index in [1.165, 1.54) is 12.1 Å². The quantitative estimate of drug-likeness (QED) is 0.925. The molecular formula is C20H21FN2O2. The second-order valence-electron chi connectivity index (χ2n) is 6.57. The lowest BCUT2D eigenvalue weighted by Gasteiger charge is -2.20. The highest BCUT2D eigenvalue weighted by Crippen LogP contribution is 2.30. The standard InChI is InChI=1S/C20H21FN2O2/c1-12-5-4-6-18(14(12)3)23-11-15(10-19(23)24)20(25)22-17-8-7-16(21)9-13(17)2/h4-9,15H,10-11H2,1-3H3,(H,22,25)/t15-/m1/s1. The molecule has 1 aliphatic rings. The molecule has 4 nitrogen and oxygen atoms in total. The molecule has 0 unspecified atom stereocenters. The largest absolute Gasteiger partial charge is 0.326 e. The third-order valence-corrected chi connectivity index (χ3v) is 4.81. The molecule has 2 amide bonds. The van der Waals surface area contributed by atoms with Crippen LogP contribution in [0.5, 0.6) is 0 Å². The SMILES string of the molecule is Cc1cc(F)ccc1NC(=O)[C@@H]1CC(=O)N(c2cccc(C)c2C)C1. The molecule has 1 aliphatic heterocycles. The molecule has 1 fully saturated rings. The van der Waals surface area contributed by atoms with Gasteiger partial charge in [0, 0.05) is 24.3 Å². The van der Waals surface area contributed by atoms with Gasteiger partial charge < -0.3 is 10.2 Å². The summed E-state index contributed by atoms with van der Waals surface area (Å²) in [6, 6.07) is 10.1. The van der Waals surface area contributed by atoms with Crippen molar-refractivity contribution < 1.29 is 14.0 Å². The Bertz CT molecular complexity index is 848. The average Bonchev–Trinajstić information content (AvgIpc) is 2.94. The van der Waals surface area contributed by atoms with E-state index >= 15 is 0 Å². The second kappa shape index (κ2) is 6.67. The monoisotopic (exact) mass is 340 g/mol. The van der Waals surface area contributed by atoms with Crippen LogP contribution in [0.3, 0.4) is 0 Å². The van der Waals surface area contributed by atoms with E-state index in [-0.39, 0.29) is 24.1 Å². The van der Waals surface area contributed by atoms with E-state index in [0.717, 1.165) is 16.8 Å². The fourth-order valence-electron chi connectivity index (χ4n) is 3.15. The van der Waals surface area contributed by atoms with Crippen molar-refractivity contribution >= 4 is 23.2 Å². The van der Waals surface area contributed by atoms with Crippen LogP contribution < -0.4 is 10.2 Å². The fraction of sp³-hybridized carbons (Fsp3) is 0.300. The lowest BCUT2D eigenvalue weighted by molar-refractivity contribution is -0.122. The molecular weight excluding hydrogens is 319 g/mol.